The fourth-order valence-electron chi connectivity index (χ4n) is 3.77. The van der Waals surface area contributed by atoms with Crippen molar-refractivity contribution in [2.24, 2.45) is 0 Å². The number of likely N-dealkylation sites (tertiary alicyclic amines) is 1. The van der Waals surface area contributed by atoms with Crippen LogP contribution in [0.4, 0.5) is 5.82 Å². The summed E-state index contributed by atoms with van der Waals surface area (Å²) in [6.45, 7) is 3.50. The number of nitrogen functional groups attached to an aromatic ring is 1. The van der Waals surface area contributed by atoms with E-state index in [2.05, 4.69) is 64.5 Å². The standard InChI is InChI=1S/C23H25N3/c24-23-8-4-7-22(25-23)20-11-9-18(10-12-20)13-15-26-16-14-21(17-26)19-5-2-1-3-6-19/h1-12,21H,13-17H2,(H2,24,25). The summed E-state index contributed by atoms with van der Waals surface area (Å²) in [6, 6.07) is 25.4. The molecule has 1 aliphatic heterocycles. The molecule has 0 bridgehead atoms. The molecule has 0 amide bonds. The Bertz CT molecular complexity index is 843. The van der Waals surface area contributed by atoms with Gasteiger partial charge in [-0.2, -0.15) is 0 Å². The van der Waals surface area contributed by atoms with E-state index >= 15 is 0 Å². The molecular weight excluding hydrogens is 318 g/mol. The van der Waals surface area contributed by atoms with Crippen LogP contribution in [0.1, 0.15) is 23.5 Å². The highest BCUT2D eigenvalue weighted by molar-refractivity contribution is 5.61. The summed E-state index contributed by atoms with van der Waals surface area (Å²) in [4.78, 5) is 6.98. The Morgan fingerprint density at radius 1 is 0.923 bits per heavy atom. The number of hydrogen-bond acceptors (Lipinski definition) is 3. The second kappa shape index (κ2) is 7.71. The molecule has 1 aromatic heterocycles. The van der Waals surface area contributed by atoms with Crippen molar-refractivity contribution >= 4 is 5.82 Å². The predicted octanol–water partition coefficient (Wildman–Crippen LogP) is 4.36. The summed E-state index contributed by atoms with van der Waals surface area (Å²) < 4.78 is 0. The maximum atomic E-state index is 5.78. The van der Waals surface area contributed by atoms with Crippen LogP contribution < -0.4 is 5.73 Å². The van der Waals surface area contributed by atoms with Crippen molar-refractivity contribution < 1.29 is 0 Å². The van der Waals surface area contributed by atoms with Gasteiger partial charge in [-0.05, 0) is 48.6 Å². The lowest BCUT2D eigenvalue weighted by atomic mass is 9.99. The molecule has 0 spiro atoms. The van der Waals surface area contributed by atoms with Gasteiger partial charge in [0, 0.05) is 18.7 Å². The van der Waals surface area contributed by atoms with Gasteiger partial charge in [0.1, 0.15) is 5.82 Å². The van der Waals surface area contributed by atoms with Crippen LogP contribution in [0, 0.1) is 0 Å². The minimum absolute atomic E-state index is 0.564. The number of anilines is 1. The SMILES string of the molecule is Nc1cccc(-c2ccc(CCN3CCC(c4ccccc4)C3)cc2)n1. The normalized spacial score (nSPS) is 17.5. The molecule has 3 nitrogen and oxygen atoms in total. The number of pyridine rings is 1. The van der Waals surface area contributed by atoms with Crippen molar-refractivity contribution in [1.82, 2.24) is 9.88 Å². The third kappa shape index (κ3) is 3.94. The van der Waals surface area contributed by atoms with E-state index < -0.39 is 0 Å². The Hall–Kier alpha value is -2.65. The first-order chi connectivity index (χ1) is 12.8. The summed E-state index contributed by atoms with van der Waals surface area (Å²) in [5.41, 5.74) is 10.7. The summed E-state index contributed by atoms with van der Waals surface area (Å²) >= 11 is 0. The first kappa shape index (κ1) is 16.8. The lowest BCUT2D eigenvalue weighted by Crippen LogP contribution is -2.23. The second-order valence-electron chi connectivity index (χ2n) is 7.09. The molecule has 1 atom stereocenters. The van der Waals surface area contributed by atoms with Gasteiger partial charge < -0.3 is 10.6 Å². The maximum absolute atomic E-state index is 5.78. The van der Waals surface area contributed by atoms with E-state index in [4.69, 9.17) is 5.73 Å². The van der Waals surface area contributed by atoms with Gasteiger partial charge in [0.15, 0.2) is 0 Å². The second-order valence-corrected chi connectivity index (χ2v) is 7.09. The Labute approximate surface area is 155 Å². The van der Waals surface area contributed by atoms with Crippen molar-refractivity contribution in [3.05, 3.63) is 83.9 Å². The number of hydrogen-bond donors (Lipinski definition) is 1. The monoisotopic (exact) mass is 343 g/mol. The summed E-state index contributed by atoms with van der Waals surface area (Å²) in [6.07, 6.45) is 2.36. The smallest absolute Gasteiger partial charge is 0.124 e. The Morgan fingerprint density at radius 2 is 1.73 bits per heavy atom. The largest absolute Gasteiger partial charge is 0.384 e. The molecule has 1 fully saturated rings. The van der Waals surface area contributed by atoms with Crippen LogP contribution in [0.5, 0.6) is 0 Å². The Balaban J connectivity index is 1.33. The molecule has 1 saturated heterocycles. The zero-order chi connectivity index (χ0) is 17.8. The highest BCUT2D eigenvalue weighted by Gasteiger charge is 2.23. The van der Waals surface area contributed by atoms with Gasteiger partial charge in [-0.3, -0.25) is 0 Å². The zero-order valence-electron chi connectivity index (χ0n) is 15.0. The van der Waals surface area contributed by atoms with Crippen LogP contribution in [-0.2, 0) is 6.42 Å². The average molecular weight is 343 g/mol. The van der Waals surface area contributed by atoms with Crippen LogP contribution in [0.3, 0.4) is 0 Å². The minimum Gasteiger partial charge on any atom is -0.384 e. The van der Waals surface area contributed by atoms with Gasteiger partial charge in [0.25, 0.3) is 0 Å². The molecule has 2 N–H and O–H groups in total. The summed E-state index contributed by atoms with van der Waals surface area (Å²) in [5.74, 6) is 1.25. The molecular formula is C23H25N3. The Kier molecular flexibility index (Phi) is 4.98. The molecule has 0 radical (unpaired) electrons. The summed E-state index contributed by atoms with van der Waals surface area (Å²) in [5, 5.41) is 0. The first-order valence-electron chi connectivity index (χ1n) is 9.37. The van der Waals surface area contributed by atoms with E-state index in [0.29, 0.717) is 11.7 Å². The van der Waals surface area contributed by atoms with E-state index in [-0.39, 0.29) is 0 Å². The quantitative estimate of drug-likeness (QED) is 0.748. The molecule has 0 saturated carbocycles. The fourth-order valence-corrected chi connectivity index (χ4v) is 3.77. The van der Waals surface area contributed by atoms with Crippen LogP contribution in [0.25, 0.3) is 11.3 Å². The van der Waals surface area contributed by atoms with Gasteiger partial charge in [-0.25, -0.2) is 4.98 Å². The predicted molar refractivity (Wildman–Crippen MR) is 108 cm³/mol. The lowest BCUT2D eigenvalue weighted by Gasteiger charge is -2.16. The van der Waals surface area contributed by atoms with Gasteiger partial charge in [0.2, 0.25) is 0 Å². The number of rotatable bonds is 5. The van der Waals surface area contributed by atoms with Crippen LogP contribution >= 0.6 is 0 Å². The molecule has 0 aliphatic carbocycles. The highest BCUT2D eigenvalue weighted by atomic mass is 15.1. The van der Waals surface area contributed by atoms with Crippen molar-refractivity contribution in [1.29, 1.82) is 0 Å². The zero-order valence-corrected chi connectivity index (χ0v) is 15.0. The van der Waals surface area contributed by atoms with Crippen LogP contribution in [0.15, 0.2) is 72.8 Å². The number of benzene rings is 2. The van der Waals surface area contributed by atoms with E-state index in [9.17, 15) is 0 Å². The summed E-state index contributed by atoms with van der Waals surface area (Å²) in [7, 11) is 0. The van der Waals surface area contributed by atoms with E-state index in [1.54, 1.807) is 0 Å². The van der Waals surface area contributed by atoms with Gasteiger partial charge >= 0.3 is 0 Å². The molecule has 3 heteroatoms. The number of nitrogens with zero attached hydrogens (tertiary/aromatic N) is 2. The van der Waals surface area contributed by atoms with Crippen LogP contribution in [-0.4, -0.2) is 29.5 Å². The molecule has 1 unspecified atom stereocenters. The third-order valence-electron chi connectivity index (χ3n) is 5.28. The van der Waals surface area contributed by atoms with Crippen molar-refractivity contribution in [2.45, 2.75) is 18.8 Å². The Morgan fingerprint density at radius 3 is 2.50 bits per heavy atom. The van der Waals surface area contributed by atoms with E-state index in [1.807, 2.05) is 18.2 Å². The molecule has 1 aliphatic rings. The van der Waals surface area contributed by atoms with Crippen molar-refractivity contribution in [3.63, 3.8) is 0 Å². The van der Waals surface area contributed by atoms with Gasteiger partial charge in [-0.1, -0.05) is 60.7 Å². The average Bonchev–Trinajstić information content (AvgIpc) is 3.17. The molecule has 132 valence electrons. The minimum atomic E-state index is 0.564. The maximum Gasteiger partial charge on any atom is 0.124 e. The van der Waals surface area contributed by atoms with Crippen molar-refractivity contribution in [2.75, 3.05) is 25.4 Å². The molecule has 2 heterocycles. The third-order valence-corrected chi connectivity index (χ3v) is 5.28. The molecule has 3 aromatic rings. The van der Waals surface area contributed by atoms with E-state index in [0.717, 1.165) is 24.2 Å². The van der Waals surface area contributed by atoms with Crippen LogP contribution in [0.2, 0.25) is 0 Å². The van der Waals surface area contributed by atoms with Gasteiger partial charge in [0.05, 0.1) is 5.69 Å². The highest BCUT2D eigenvalue weighted by Crippen LogP contribution is 2.27. The fraction of sp³-hybridized carbons (Fsp3) is 0.261. The lowest BCUT2D eigenvalue weighted by molar-refractivity contribution is 0.339. The molecule has 26 heavy (non-hydrogen) atoms. The number of nitrogens with two attached hydrogens (primary N) is 1. The number of aromatic nitrogens is 1. The molecule has 4 rings (SSSR count). The molecule has 2 aromatic carbocycles. The van der Waals surface area contributed by atoms with Gasteiger partial charge in [-0.15, -0.1) is 0 Å². The topological polar surface area (TPSA) is 42.1 Å². The van der Waals surface area contributed by atoms with Crippen molar-refractivity contribution in [3.8, 4) is 11.3 Å². The van der Waals surface area contributed by atoms with E-state index in [1.165, 1.54) is 30.6 Å². The first-order valence-corrected chi connectivity index (χ1v) is 9.37.